The standard InChI is InChI=1S/C35H29N9O8S/c1-21-24(20-36)34-37-25-9-5-6-10-29(25)44(34)35(47)33(21)43-42-28-19-30(51-15-13-45)27(18-31(28)52-16-14-46)41-40-26-12-11-23(17-32(26)53(48,49)50)39-38-22-7-3-2-4-8-22/h2-12,17-19,45-47H,13-16H2,1H3,(H,48,49,50). The maximum atomic E-state index is 12.3. The van der Waals surface area contributed by atoms with Crippen molar-refractivity contribution in [3.63, 3.8) is 0 Å². The lowest BCUT2D eigenvalue weighted by Gasteiger charge is -2.13. The van der Waals surface area contributed by atoms with Gasteiger partial charge >= 0.3 is 0 Å². The molecule has 4 N–H and O–H groups in total. The van der Waals surface area contributed by atoms with Crippen molar-refractivity contribution in [1.29, 1.82) is 5.26 Å². The first-order valence-electron chi connectivity index (χ1n) is 15.7. The summed E-state index contributed by atoms with van der Waals surface area (Å²) in [5.74, 6) is -0.299. The zero-order chi connectivity index (χ0) is 37.5. The van der Waals surface area contributed by atoms with Gasteiger partial charge in [-0.3, -0.25) is 8.95 Å². The van der Waals surface area contributed by atoms with Crippen LogP contribution < -0.4 is 9.47 Å². The van der Waals surface area contributed by atoms with Crippen LogP contribution in [-0.2, 0) is 10.1 Å². The van der Waals surface area contributed by atoms with Gasteiger partial charge in [-0.2, -0.15) is 23.9 Å². The first-order valence-corrected chi connectivity index (χ1v) is 17.2. The van der Waals surface area contributed by atoms with Gasteiger partial charge in [-0.15, -0.1) is 20.5 Å². The lowest BCUT2D eigenvalue weighted by atomic mass is 10.1. The SMILES string of the molecule is Cc1c(N=Nc2cc(OCCO)c(N=Nc3ccc(N=Nc4ccccc4)cc3S(=O)(=O)O)cc2OCCO)c(O)n2c(nc3ccccc32)c1C#N. The normalized spacial score (nSPS) is 12.1. The number of pyridine rings is 1. The molecule has 0 amide bonds. The van der Waals surface area contributed by atoms with Gasteiger partial charge in [0.1, 0.15) is 58.3 Å². The third-order valence-electron chi connectivity index (χ3n) is 7.57. The predicted molar refractivity (Wildman–Crippen MR) is 191 cm³/mol. The molecule has 18 heteroatoms. The van der Waals surface area contributed by atoms with Crippen LogP contribution in [0.3, 0.4) is 0 Å². The number of aromatic hydroxyl groups is 1. The van der Waals surface area contributed by atoms with Crippen molar-refractivity contribution in [3.8, 4) is 23.4 Å². The Hall–Kier alpha value is -6.65. The summed E-state index contributed by atoms with van der Waals surface area (Å²) in [6, 6.07) is 24.3. The molecule has 0 aliphatic carbocycles. The minimum atomic E-state index is -4.81. The highest BCUT2D eigenvalue weighted by atomic mass is 32.2. The first kappa shape index (κ1) is 36.2. The smallest absolute Gasteiger partial charge is 0.296 e. The van der Waals surface area contributed by atoms with Crippen molar-refractivity contribution >= 4 is 60.9 Å². The van der Waals surface area contributed by atoms with E-state index in [1.165, 1.54) is 28.7 Å². The van der Waals surface area contributed by atoms with Gasteiger partial charge in [-0.25, -0.2) is 4.98 Å². The van der Waals surface area contributed by atoms with Gasteiger partial charge in [0, 0.05) is 17.7 Å². The number of aromatic nitrogens is 2. The average Bonchev–Trinajstić information content (AvgIpc) is 3.55. The van der Waals surface area contributed by atoms with Gasteiger partial charge in [0.05, 0.1) is 35.6 Å². The molecule has 268 valence electrons. The highest BCUT2D eigenvalue weighted by Gasteiger charge is 2.22. The van der Waals surface area contributed by atoms with Gasteiger partial charge in [0.15, 0.2) is 11.3 Å². The van der Waals surface area contributed by atoms with Gasteiger partial charge < -0.3 is 24.8 Å². The van der Waals surface area contributed by atoms with E-state index in [2.05, 4.69) is 41.7 Å². The van der Waals surface area contributed by atoms with Crippen molar-refractivity contribution in [2.75, 3.05) is 26.4 Å². The molecule has 0 spiro atoms. The number of hydrogen-bond acceptors (Lipinski definition) is 15. The number of nitrogens with zero attached hydrogens (tertiary/aromatic N) is 9. The molecule has 0 aliphatic heterocycles. The Balaban J connectivity index is 1.42. The summed E-state index contributed by atoms with van der Waals surface area (Å²) in [5.41, 5.74) is 2.18. The molecule has 0 radical (unpaired) electrons. The summed E-state index contributed by atoms with van der Waals surface area (Å²) in [7, 11) is -4.81. The molecule has 0 bridgehead atoms. The molecule has 2 aromatic heterocycles. The Morgan fingerprint density at radius 2 is 1.38 bits per heavy atom. The molecule has 0 aliphatic rings. The Morgan fingerprint density at radius 1 is 0.774 bits per heavy atom. The third-order valence-corrected chi connectivity index (χ3v) is 8.45. The Kier molecular flexibility index (Phi) is 10.7. The number of para-hydroxylation sites is 2. The minimum Gasteiger partial charge on any atom is -0.493 e. The van der Waals surface area contributed by atoms with E-state index in [-0.39, 0.29) is 83.5 Å². The fourth-order valence-corrected chi connectivity index (χ4v) is 5.78. The summed E-state index contributed by atoms with van der Waals surface area (Å²) in [4.78, 5) is 3.90. The molecule has 0 saturated carbocycles. The number of aliphatic hydroxyl groups is 2. The van der Waals surface area contributed by atoms with E-state index in [0.717, 1.165) is 6.07 Å². The van der Waals surface area contributed by atoms with E-state index in [1.807, 2.05) is 0 Å². The number of benzene rings is 4. The molecular formula is C35H29N9O8S. The van der Waals surface area contributed by atoms with Crippen molar-refractivity contribution < 1.29 is 37.8 Å². The number of nitriles is 1. The van der Waals surface area contributed by atoms with E-state index in [0.29, 0.717) is 22.3 Å². The number of ether oxygens (including phenoxy) is 2. The highest BCUT2D eigenvalue weighted by Crippen LogP contribution is 2.44. The van der Waals surface area contributed by atoms with Gasteiger partial charge in [-0.05, 0) is 49.4 Å². The largest absolute Gasteiger partial charge is 0.493 e. The molecule has 0 unspecified atom stereocenters. The quantitative estimate of drug-likeness (QED) is 0.0667. The van der Waals surface area contributed by atoms with E-state index in [9.17, 15) is 33.6 Å². The fraction of sp³-hybridized carbons (Fsp3) is 0.143. The number of imidazole rings is 1. The van der Waals surface area contributed by atoms with Crippen molar-refractivity contribution in [3.05, 3.63) is 96.1 Å². The molecule has 17 nitrogen and oxygen atoms in total. The molecule has 2 heterocycles. The van der Waals surface area contributed by atoms with Crippen LogP contribution in [0.2, 0.25) is 0 Å². The molecule has 0 atom stereocenters. The van der Waals surface area contributed by atoms with Crippen molar-refractivity contribution in [2.45, 2.75) is 11.8 Å². The summed E-state index contributed by atoms with van der Waals surface area (Å²) in [6.07, 6.45) is 0. The van der Waals surface area contributed by atoms with E-state index < -0.39 is 15.0 Å². The fourth-order valence-electron chi connectivity index (χ4n) is 5.13. The molecule has 6 rings (SSSR count). The van der Waals surface area contributed by atoms with Crippen LogP contribution in [0.25, 0.3) is 16.7 Å². The Morgan fingerprint density at radius 3 is 2.02 bits per heavy atom. The third kappa shape index (κ3) is 7.83. The maximum Gasteiger partial charge on any atom is 0.296 e. The van der Waals surface area contributed by atoms with E-state index in [4.69, 9.17) is 9.47 Å². The van der Waals surface area contributed by atoms with Crippen LogP contribution in [0.15, 0.2) is 121 Å². The number of rotatable bonds is 13. The summed E-state index contributed by atoms with van der Waals surface area (Å²) >= 11 is 0. The van der Waals surface area contributed by atoms with Crippen LogP contribution in [0.1, 0.15) is 11.1 Å². The van der Waals surface area contributed by atoms with Gasteiger partial charge in [0.2, 0.25) is 5.88 Å². The monoisotopic (exact) mass is 735 g/mol. The van der Waals surface area contributed by atoms with Crippen molar-refractivity contribution in [1.82, 2.24) is 9.38 Å². The maximum absolute atomic E-state index is 12.3. The topological polar surface area (TPSA) is 249 Å². The second kappa shape index (κ2) is 15.7. The van der Waals surface area contributed by atoms with Crippen LogP contribution in [-0.4, -0.2) is 64.1 Å². The number of hydrogen-bond donors (Lipinski definition) is 4. The van der Waals surface area contributed by atoms with Crippen LogP contribution in [0.4, 0.5) is 34.1 Å². The highest BCUT2D eigenvalue weighted by molar-refractivity contribution is 7.86. The first-order chi connectivity index (χ1) is 25.6. The van der Waals surface area contributed by atoms with Crippen LogP contribution in [0, 0.1) is 18.3 Å². The lowest BCUT2D eigenvalue weighted by Crippen LogP contribution is -2.04. The predicted octanol–water partition coefficient (Wildman–Crippen LogP) is 7.61. The second-order valence-corrected chi connectivity index (χ2v) is 12.4. The Bertz CT molecular complexity index is 2570. The number of fused-ring (bicyclic) bond motifs is 3. The Labute approximate surface area is 301 Å². The van der Waals surface area contributed by atoms with E-state index >= 15 is 0 Å². The average molecular weight is 736 g/mol. The molecule has 4 aromatic carbocycles. The van der Waals surface area contributed by atoms with Crippen LogP contribution in [0.5, 0.6) is 17.4 Å². The second-order valence-electron chi connectivity index (χ2n) is 11.0. The zero-order valence-corrected chi connectivity index (χ0v) is 28.6. The molecule has 0 saturated heterocycles. The van der Waals surface area contributed by atoms with Gasteiger partial charge in [-0.1, -0.05) is 30.3 Å². The van der Waals surface area contributed by atoms with E-state index in [1.54, 1.807) is 61.5 Å². The summed E-state index contributed by atoms with van der Waals surface area (Å²) < 4.78 is 47.5. The lowest BCUT2D eigenvalue weighted by molar-refractivity contribution is 0.198. The van der Waals surface area contributed by atoms with Gasteiger partial charge in [0.25, 0.3) is 10.1 Å². The zero-order valence-electron chi connectivity index (χ0n) is 27.8. The molecule has 6 aromatic rings. The summed E-state index contributed by atoms with van der Waals surface area (Å²) in [6.45, 7) is 0.456. The van der Waals surface area contributed by atoms with Crippen molar-refractivity contribution in [2.24, 2.45) is 30.7 Å². The summed E-state index contributed by atoms with van der Waals surface area (Å²) in [5, 5.41) is 65.2. The molecular weight excluding hydrogens is 707 g/mol. The minimum absolute atomic E-state index is 0.00417. The number of azo groups is 3. The molecule has 53 heavy (non-hydrogen) atoms. The van der Waals surface area contributed by atoms with Crippen LogP contribution >= 0.6 is 0 Å². The molecule has 0 fully saturated rings. The number of aliphatic hydroxyl groups excluding tert-OH is 2.